The number of fused-ring (bicyclic) bond motifs is 1. The predicted octanol–water partition coefficient (Wildman–Crippen LogP) is 3.84. The van der Waals surface area contributed by atoms with Gasteiger partial charge in [-0.3, -0.25) is 14.5 Å². The molecule has 164 valence electrons. The van der Waals surface area contributed by atoms with Crippen LogP contribution in [-0.4, -0.2) is 42.4 Å². The van der Waals surface area contributed by atoms with Gasteiger partial charge in [-0.25, -0.2) is 0 Å². The molecule has 1 aliphatic heterocycles. The summed E-state index contributed by atoms with van der Waals surface area (Å²) >= 11 is 1.57. The summed E-state index contributed by atoms with van der Waals surface area (Å²) in [4.78, 5) is 28.6. The predicted molar refractivity (Wildman–Crippen MR) is 121 cm³/mol. The summed E-state index contributed by atoms with van der Waals surface area (Å²) in [7, 11) is 0. The van der Waals surface area contributed by atoms with Crippen LogP contribution in [0.1, 0.15) is 74.8 Å². The number of carbonyl (C=O) groups is 2. The van der Waals surface area contributed by atoms with Crippen LogP contribution in [0.25, 0.3) is 0 Å². The largest absolute Gasteiger partial charge is 0.356 e. The van der Waals surface area contributed by atoms with Gasteiger partial charge >= 0.3 is 0 Å². The summed E-state index contributed by atoms with van der Waals surface area (Å²) in [5, 5.41) is 16.4. The average Bonchev–Trinajstić information content (AvgIpc) is 2.88. The standard InChI is InChI=1S/C23H34N4O2S/c1-3-4-12-25-22(29)17-11-10-16(2)27(14-17)15-21(28)26-23-19(13-24)18-8-6-5-7-9-20(18)30-23/h16-17H,3-12,14-15H2,1-2H3,(H,25,29)(H,26,28). The quantitative estimate of drug-likeness (QED) is 0.508. The number of nitrogens with one attached hydrogen (secondary N) is 2. The number of rotatable bonds is 7. The zero-order valence-electron chi connectivity index (χ0n) is 18.3. The molecule has 2 N–H and O–H groups in total. The maximum absolute atomic E-state index is 12.8. The average molecular weight is 431 g/mol. The van der Waals surface area contributed by atoms with Crippen molar-refractivity contribution in [2.24, 2.45) is 5.92 Å². The second-order valence-corrected chi connectivity index (χ2v) is 9.73. The second-order valence-electron chi connectivity index (χ2n) is 8.63. The Kier molecular flexibility index (Phi) is 8.29. The lowest BCUT2D eigenvalue weighted by Gasteiger charge is -2.36. The van der Waals surface area contributed by atoms with Crippen molar-refractivity contribution in [3.05, 3.63) is 16.0 Å². The van der Waals surface area contributed by atoms with E-state index in [-0.39, 0.29) is 30.3 Å². The molecule has 7 heteroatoms. The minimum Gasteiger partial charge on any atom is -0.356 e. The molecule has 0 aromatic carbocycles. The SMILES string of the molecule is CCCCNC(=O)C1CCC(C)N(CC(=O)Nc2sc3c(c2C#N)CCCCC3)C1. The molecular weight excluding hydrogens is 396 g/mol. The van der Waals surface area contributed by atoms with Crippen molar-refractivity contribution >= 4 is 28.2 Å². The number of hydrogen-bond donors (Lipinski definition) is 2. The maximum Gasteiger partial charge on any atom is 0.239 e. The van der Waals surface area contributed by atoms with E-state index in [1.54, 1.807) is 11.3 Å². The second kappa shape index (κ2) is 10.9. The number of amides is 2. The van der Waals surface area contributed by atoms with E-state index < -0.39 is 0 Å². The van der Waals surface area contributed by atoms with E-state index in [2.05, 4.69) is 35.5 Å². The van der Waals surface area contributed by atoms with E-state index in [0.717, 1.165) is 63.5 Å². The normalized spacial score (nSPS) is 21.9. The first kappa shape index (κ1) is 22.8. The number of aryl methyl sites for hydroxylation is 1. The Bertz CT molecular complexity index is 798. The molecule has 1 aromatic heterocycles. The number of hydrogen-bond acceptors (Lipinski definition) is 5. The fraction of sp³-hybridized carbons (Fsp3) is 0.696. The van der Waals surface area contributed by atoms with E-state index in [4.69, 9.17) is 0 Å². The molecule has 0 spiro atoms. The molecule has 1 aliphatic carbocycles. The molecule has 0 bridgehead atoms. The van der Waals surface area contributed by atoms with Crippen LogP contribution in [0, 0.1) is 17.2 Å². The number of thiophene rings is 1. The smallest absolute Gasteiger partial charge is 0.239 e. The van der Waals surface area contributed by atoms with Crippen LogP contribution in [0.4, 0.5) is 5.00 Å². The van der Waals surface area contributed by atoms with Gasteiger partial charge in [-0.05, 0) is 57.4 Å². The van der Waals surface area contributed by atoms with Crippen LogP contribution >= 0.6 is 11.3 Å². The third-order valence-electron chi connectivity index (χ3n) is 6.34. The summed E-state index contributed by atoms with van der Waals surface area (Å²) in [6.45, 7) is 5.82. The van der Waals surface area contributed by atoms with Crippen LogP contribution < -0.4 is 10.6 Å². The van der Waals surface area contributed by atoms with E-state index in [1.165, 1.54) is 11.3 Å². The maximum atomic E-state index is 12.8. The zero-order chi connectivity index (χ0) is 21.5. The van der Waals surface area contributed by atoms with Crippen LogP contribution in [-0.2, 0) is 22.4 Å². The van der Waals surface area contributed by atoms with Crippen molar-refractivity contribution < 1.29 is 9.59 Å². The molecule has 2 aliphatic rings. The Morgan fingerprint density at radius 3 is 2.80 bits per heavy atom. The van der Waals surface area contributed by atoms with E-state index >= 15 is 0 Å². The third-order valence-corrected chi connectivity index (χ3v) is 7.55. The Balaban J connectivity index is 1.60. The molecule has 0 saturated carbocycles. The molecule has 2 unspecified atom stereocenters. The first-order valence-electron chi connectivity index (χ1n) is 11.4. The van der Waals surface area contributed by atoms with Gasteiger partial charge in [0, 0.05) is 24.0 Å². The van der Waals surface area contributed by atoms with Gasteiger partial charge in [0.25, 0.3) is 0 Å². The van der Waals surface area contributed by atoms with Crippen molar-refractivity contribution in [3.8, 4) is 6.07 Å². The van der Waals surface area contributed by atoms with E-state index in [0.29, 0.717) is 17.1 Å². The highest BCUT2D eigenvalue weighted by molar-refractivity contribution is 7.16. The van der Waals surface area contributed by atoms with Gasteiger partial charge in [-0.15, -0.1) is 11.3 Å². The van der Waals surface area contributed by atoms with Crippen LogP contribution in [0.2, 0.25) is 0 Å². The third kappa shape index (κ3) is 5.61. The Labute approximate surface area is 184 Å². The Morgan fingerprint density at radius 1 is 1.23 bits per heavy atom. The van der Waals surface area contributed by atoms with E-state index in [1.807, 2.05) is 0 Å². The monoisotopic (exact) mass is 430 g/mol. The van der Waals surface area contributed by atoms with Crippen LogP contribution in [0.15, 0.2) is 0 Å². The molecule has 6 nitrogen and oxygen atoms in total. The summed E-state index contributed by atoms with van der Waals surface area (Å²) in [6.07, 6.45) is 9.23. The van der Waals surface area contributed by atoms with Crippen molar-refractivity contribution in [1.82, 2.24) is 10.2 Å². The zero-order valence-corrected chi connectivity index (χ0v) is 19.1. The topological polar surface area (TPSA) is 85.2 Å². The summed E-state index contributed by atoms with van der Waals surface area (Å²) in [5.74, 6) is -0.0466. The molecule has 1 aromatic rings. The highest BCUT2D eigenvalue weighted by atomic mass is 32.1. The van der Waals surface area contributed by atoms with Gasteiger partial charge in [0.05, 0.1) is 18.0 Å². The number of carbonyl (C=O) groups excluding carboxylic acids is 2. The number of unbranched alkanes of at least 4 members (excludes halogenated alkanes) is 1. The number of nitrogens with zero attached hydrogens (tertiary/aromatic N) is 2. The van der Waals surface area contributed by atoms with Crippen molar-refractivity contribution in [2.75, 3.05) is 25.0 Å². The summed E-state index contributed by atoms with van der Waals surface area (Å²) in [5.41, 5.74) is 1.80. The molecule has 3 rings (SSSR count). The first-order chi connectivity index (χ1) is 14.5. The minimum absolute atomic E-state index is 0.0571. The number of likely N-dealkylation sites (tertiary alicyclic amines) is 1. The number of nitriles is 1. The highest BCUT2D eigenvalue weighted by Crippen LogP contribution is 2.37. The molecule has 0 radical (unpaired) electrons. The fourth-order valence-electron chi connectivity index (χ4n) is 4.45. The highest BCUT2D eigenvalue weighted by Gasteiger charge is 2.31. The van der Waals surface area contributed by atoms with Gasteiger partial charge in [-0.1, -0.05) is 19.8 Å². The molecule has 1 fully saturated rings. The van der Waals surface area contributed by atoms with Crippen molar-refractivity contribution in [2.45, 2.75) is 77.7 Å². The number of anilines is 1. The Hall–Kier alpha value is -1.91. The molecule has 2 amide bonds. The molecule has 2 heterocycles. The lowest BCUT2D eigenvalue weighted by Crippen LogP contribution is -2.49. The summed E-state index contributed by atoms with van der Waals surface area (Å²) < 4.78 is 0. The Morgan fingerprint density at radius 2 is 2.03 bits per heavy atom. The van der Waals surface area contributed by atoms with Gasteiger partial charge in [0.15, 0.2) is 0 Å². The van der Waals surface area contributed by atoms with Crippen molar-refractivity contribution in [3.63, 3.8) is 0 Å². The number of piperidine rings is 1. The minimum atomic E-state index is -0.0956. The van der Waals surface area contributed by atoms with Gasteiger partial charge < -0.3 is 10.6 Å². The molecular formula is C23H34N4O2S. The molecule has 1 saturated heterocycles. The molecule has 2 atom stereocenters. The lowest BCUT2D eigenvalue weighted by atomic mass is 9.92. The molecule has 30 heavy (non-hydrogen) atoms. The van der Waals surface area contributed by atoms with Crippen molar-refractivity contribution in [1.29, 1.82) is 5.26 Å². The van der Waals surface area contributed by atoms with Gasteiger partial charge in [0.1, 0.15) is 11.1 Å². The first-order valence-corrected chi connectivity index (χ1v) is 12.2. The van der Waals surface area contributed by atoms with Gasteiger partial charge in [0.2, 0.25) is 11.8 Å². The van der Waals surface area contributed by atoms with E-state index in [9.17, 15) is 14.9 Å². The fourth-order valence-corrected chi connectivity index (χ4v) is 5.70. The van der Waals surface area contributed by atoms with Crippen LogP contribution in [0.3, 0.4) is 0 Å². The van der Waals surface area contributed by atoms with Gasteiger partial charge in [-0.2, -0.15) is 5.26 Å². The lowest BCUT2D eigenvalue weighted by molar-refractivity contribution is -0.128. The van der Waals surface area contributed by atoms with Crippen LogP contribution in [0.5, 0.6) is 0 Å². The summed E-state index contributed by atoms with van der Waals surface area (Å²) in [6, 6.07) is 2.59.